The van der Waals surface area contributed by atoms with E-state index >= 15 is 0 Å². The summed E-state index contributed by atoms with van der Waals surface area (Å²) in [6.07, 6.45) is 0. The van der Waals surface area contributed by atoms with Crippen LogP contribution in [0.15, 0.2) is 60.7 Å². The highest BCUT2D eigenvalue weighted by Crippen LogP contribution is 2.08. The van der Waals surface area contributed by atoms with Gasteiger partial charge in [-0.05, 0) is 30.8 Å². The maximum atomic E-state index is 12.1. The van der Waals surface area contributed by atoms with E-state index in [9.17, 15) is 9.59 Å². The molecule has 0 aromatic heterocycles. The fourth-order valence-corrected chi connectivity index (χ4v) is 2.63. The minimum atomic E-state index is -0.379. The zero-order valence-electron chi connectivity index (χ0n) is 14.6. The van der Waals surface area contributed by atoms with Crippen LogP contribution in [0.2, 0.25) is 0 Å². The molecule has 132 valence electrons. The van der Waals surface area contributed by atoms with Gasteiger partial charge in [0.1, 0.15) is 0 Å². The minimum absolute atomic E-state index is 0.163. The van der Waals surface area contributed by atoms with Crippen LogP contribution in [0.1, 0.15) is 27.6 Å². The second-order valence-electron chi connectivity index (χ2n) is 5.82. The number of rotatable bonds is 3. The summed E-state index contributed by atoms with van der Waals surface area (Å²) in [5.41, 5.74) is 6.33. The van der Waals surface area contributed by atoms with Crippen molar-refractivity contribution in [3.63, 3.8) is 0 Å². The first kappa shape index (κ1) is 18.7. The predicted octanol–water partition coefficient (Wildman–Crippen LogP) is 2.25. The third kappa shape index (κ3) is 5.72. The largest absolute Gasteiger partial charge is 0.366 e. The van der Waals surface area contributed by atoms with Crippen molar-refractivity contribution < 1.29 is 9.59 Å². The van der Waals surface area contributed by atoms with Crippen LogP contribution >= 0.6 is 0 Å². The van der Waals surface area contributed by atoms with Gasteiger partial charge in [0, 0.05) is 37.3 Å². The summed E-state index contributed by atoms with van der Waals surface area (Å²) in [7, 11) is 0. The molecule has 5 nitrogen and oxygen atoms in total. The van der Waals surface area contributed by atoms with Crippen LogP contribution in [-0.2, 0) is 0 Å². The fourth-order valence-electron chi connectivity index (χ4n) is 2.63. The summed E-state index contributed by atoms with van der Waals surface area (Å²) in [5, 5.41) is 0. The quantitative estimate of drug-likeness (QED) is 0.933. The molecule has 1 aliphatic heterocycles. The van der Waals surface area contributed by atoms with Crippen molar-refractivity contribution in [2.45, 2.75) is 6.92 Å². The van der Waals surface area contributed by atoms with Gasteiger partial charge in [0.2, 0.25) is 5.91 Å². The van der Waals surface area contributed by atoms with E-state index in [-0.39, 0.29) is 11.8 Å². The van der Waals surface area contributed by atoms with E-state index in [1.165, 1.54) is 0 Å². The van der Waals surface area contributed by atoms with Crippen LogP contribution in [0.25, 0.3) is 0 Å². The van der Waals surface area contributed by atoms with Crippen LogP contribution in [0.3, 0.4) is 0 Å². The molecule has 3 rings (SSSR count). The predicted molar refractivity (Wildman–Crippen MR) is 99.4 cm³/mol. The molecule has 0 radical (unpaired) electrons. The summed E-state index contributed by atoms with van der Waals surface area (Å²) in [4.78, 5) is 26.8. The van der Waals surface area contributed by atoms with E-state index in [0.29, 0.717) is 5.56 Å². The van der Waals surface area contributed by atoms with Gasteiger partial charge < -0.3 is 15.5 Å². The Bertz CT molecular complexity index is 666. The van der Waals surface area contributed by atoms with Crippen LogP contribution in [0, 0.1) is 0 Å². The summed E-state index contributed by atoms with van der Waals surface area (Å²) in [5.74, 6) is -0.216. The molecule has 5 heteroatoms. The van der Waals surface area contributed by atoms with Gasteiger partial charge in [-0.3, -0.25) is 9.59 Å². The lowest BCUT2D eigenvalue weighted by molar-refractivity contribution is 0.0643. The van der Waals surface area contributed by atoms with Gasteiger partial charge in [-0.15, -0.1) is 0 Å². The highest BCUT2D eigenvalue weighted by Gasteiger charge is 2.20. The maximum absolute atomic E-state index is 12.1. The van der Waals surface area contributed by atoms with Gasteiger partial charge in [-0.1, -0.05) is 43.3 Å². The third-order valence-electron chi connectivity index (χ3n) is 4.19. The number of carbonyl (C=O) groups excluding carboxylic acids is 2. The molecular weight excluding hydrogens is 314 g/mol. The molecule has 2 amide bonds. The summed E-state index contributed by atoms with van der Waals surface area (Å²) in [6, 6.07) is 18.3. The maximum Gasteiger partial charge on any atom is 0.253 e. The molecule has 0 saturated carbocycles. The molecule has 0 spiro atoms. The number of nitrogens with zero attached hydrogens (tertiary/aromatic N) is 2. The Balaban J connectivity index is 0.000000212. The van der Waals surface area contributed by atoms with Crippen LogP contribution in [0.5, 0.6) is 0 Å². The smallest absolute Gasteiger partial charge is 0.253 e. The van der Waals surface area contributed by atoms with Gasteiger partial charge in [0.25, 0.3) is 5.91 Å². The molecule has 0 aliphatic carbocycles. The van der Waals surface area contributed by atoms with Gasteiger partial charge in [-0.25, -0.2) is 0 Å². The van der Waals surface area contributed by atoms with Crippen LogP contribution < -0.4 is 5.73 Å². The molecule has 2 N–H and O–H groups in total. The third-order valence-corrected chi connectivity index (χ3v) is 4.19. The average molecular weight is 339 g/mol. The molecule has 2 aromatic carbocycles. The fraction of sp³-hybridized carbons (Fsp3) is 0.300. The zero-order valence-corrected chi connectivity index (χ0v) is 14.6. The van der Waals surface area contributed by atoms with Crippen molar-refractivity contribution in [2.24, 2.45) is 5.73 Å². The first-order chi connectivity index (χ1) is 12.1. The Morgan fingerprint density at radius 3 is 1.72 bits per heavy atom. The van der Waals surface area contributed by atoms with Crippen molar-refractivity contribution in [1.82, 2.24) is 9.80 Å². The summed E-state index contributed by atoms with van der Waals surface area (Å²) >= 11 is 0. The molecule has 1 heterocycles. The normalized spacial score (nSPS) is 14.4. The first-order valence-corrected chi connectivity index (χ1v) is 8.53. The highest BCUT2D eigenvalue weighted by molar-refractivity contribution is 5.94. The van der Waals surface area contributed by atoms with E-state index in [2.05, 4.69) is 11.8 Å². The molecular formula is C20H25N3O2. The highest BCUT2D eigenvalue weighted by atomic mass is 16.2. The average Bonchev–Trinajstić information content (AvgIpc) is 2.69. The van der Waals surface area contributed by atoms with E-state index in [1.807, 2.05) is 41.3 Å². The SMILES string of the molecule is CCN1CCN(C(=O)c2ccccc2)CC1.NC(=O)c1ccccc1. The molecule has 1 saturated heterocycles. The number of hydrogen-bond acceptors (Lipinski definition) is 3. The number of benzene rings is 2. The van der Waals surface area contributed by atoms with Crippen molar-refractivity contribution in [1.29, 1.82) is 0 Å². The lowest BCUT2D eigenvalue weighted by atomic mass is 10.2. The minimum Gasteiger partial charge on any atom is -0.366 e. The van der Waals surface area contributed by atoms with Crippen LogP contribution in [-0.4, -0.2) is 54.3 Å². The van der Waals surface area contributed by atoms with E-state index < -0.39 is 0 Å². The van der Waals surface area contributed by atoms with Gasteiger partial charge >= 0.3 is 0 Å². The first-order valence-electron chi connectivity index (χ1n) is 8.53. The zero-order chi connectivity index (χ0) is 18.1. The Morgan fingerprint density at radius 2 is 1.32 bits per heavy atom. The van der Waals surface area contributed by atoms with E-state index in [4.69, 9.17) is 5.73 Å². The molecule has 25 heavy (non-hydrogen) atoms. The number of hydrogen-bond donors (Lipinski definition) is 1. The summed E-state index contributed by atoms with van der Waals surface area (Å²) in [6.45, 7) is 6.93. The molecule has 0 bridgehead atoms. The second-order valence-corrected chi connectivity index (χ2v) is 5.82. The lowest BCUT2D eigenvalue weighted by Gasteiger charge is -2.34. The number of primary amides is 1. The number of likely N-dealkylation sites (N-methyl/N-ethyl adjacent to an activating group) is 1. The summed E-state index contributed by atoms with van der Waals surface area (Å²) < 4.78 is 0. The Kier molecular flexibility index (Phi) is 7.16. The number of amides is 2. The Hall–Kier alpha value is -2.66. The molecule has 2 aromatic rings. The molecule has 1 aliphatic rings. The standard InChI is InChI=1S/C13H18N2O.C7H7NO/c1-2-14-8-10-15(11-9-14)13(16)12-6-4-3-5-7-12;8-7(9)6-4-2-1-3-5-6/h3-7H,2,8-11H2,1H3;1-5H,(H2,8,9). The molecule has 0 unspecified atom stereocenters. The Labute approximate surface area is 149 Å². The second kappa shape index (κ2) is 9.59. The molecule has 1 fully saturated rings. The van der Waals surface area contributed by atoms with Crippen LogP contribution in [0.4, 0.5) is 0 Å². The number of carbonyl (C=O) groups is 2. The van der Waals surface area contributed by atoms with Crippen molar-refractivity contribution >= 4 is 11.8 Å². The lowest BCUT2D eigenvalue weighted by Crippen LogP contribution is -2.48. The van der Waals surface area contributed by atoms with Crippen molar-refractivity contribution in [2.75, 3.05) is 32.7 Å². The Morgan fingerprint density at radius 1 is 0.840 bits per heavy atom. The van der Waals surface area contributed by atoms with E-state index in [1.54, 1.807) is 24.3 Å². The molecule has 0 atom stereocenters. The monoisotopic (exact) mass is 339 g/mol. The van der Waals surface area contributed by atoms with Gasteiger partial charge in [-0.2, -0.15) is 0 Å². The van der Waals surface area contributed by atoms with Crippen molar-refractivity contribution in [3.05, 3.63) is 71.8 Å². The van der Waals surface area contributed by atoms with Gasteiger partial charge in [0.05, 0.1) is 0 Å². The van der Waals surface area contributed by atoms with Gasteiger partial charge in [0.15, 0.2) is 0 Å². The number of piperazine rings is 1. The van der Waals surface area contributed by atoms with E-state index in [0.717, 1.165) is 38.3 Å². The number of nitrogens with two attached hydrogens (primary N) is 1. The topological polar surface area (TPSA) is 66.6 Å². The van der Waals surface area contributed by atoms with Crippen molar-refractivity contribution in [3.8, 4) is 0 Å².